The minimum atomic E-state index is 0. The lowest BCUT2D eigenvalue weighted by Gasteiger charge is -2.14. The first-order chi connectivity index (χ1) is 6.83. The van der Waals surface area contributed by atoms with Crippen LogP contribution in [0, 0.1) is 0 Å². The molecule has 96 valence electrons. The summed E-state index contributed by atoms with van der Waals surface area (Å²) in [6.07, 6.45) is 0. The van der Waals surface area contributed by atoms with Gasteiger partial charge in [-0.2, -0.15) is 0 Å². The predicted molar refractivity (Wildman–Crippen MR) is 72.8 cm³/mol. The lowest BCUT2D eigenvalue weighted by atomic mass is 10.4. The average molecular weight is 288 g/mol. The lowest BCUT2D eigenvalue weighted by molar-refractivity contribution is 0.115. The number of ether oxygens (including phenoxy) is 1. The summed E-state index contributed by atoms with van der Waals surface area (Å²) in [6.45, 7) is 3.77. The van der Waals surface area contributed by atoms with Crippen LogP contribution >= 0.6 is 36.2 Å². The maximum Gasteiger partial charge on any atom is 0.0795 e. The Bertz CT molecular complexity index is 237. The number of thiazole rings is 1. The van der Waals surface area contributed by atoms with Crippen molar-refractivity contribution < 1.29 is 4.74 Å². The maximum absolute atomic E-state index is 5.31. The van der Waals surface area contributed by atoms with Gasteiger partial charge >= 0.3 is 0 Å². The van der Waals surface area contributed by atoms with E-state index in [1.54, 1.807) is 11.3 Å². The van der Waals surface area contributed by atoms with Crippen LogP contribution in [0.15, 0.2) is 10.9 Å². The van der Waals surface area contributed by atoms with Crippen LogP contribution in [-0.2, 0) is 11.3 Å². The third-order valence-electron chi connectivity index (χ3n) is 1.79. The number of likely N-dealkylation sites (N-methyl/N-ethyl adjacent to an activating group) is 1. The molecule has 0 bridgehead atoms. The van der Waals surface area contributed by atoms with Crippen molar-refractivity contribution >= 4 is 36.2 Å². The summed E-state index contributed by atoms with van der Waals surface area (Å²) in [5.74, 6) is 0. The van der Waals surface area contributed by atoms with Crippen molar-refractivity contribution in [3.05, 3.63) is 16.6 Å². The molecule has 0 aliphatic heterocycles. The van der Waals surface area contributed by atoms with Crippen LogP contribution in [0.5, 0.6) is 0 Å². The molecule has 0 atom stereocenters. The first-order valence-corrected chi connectivity index (χ1v) is 5.60. The van der Waals surface area contributed by atoms with E-state index in [-0.39, 0.29) is 24.8 Å². The molecule has 0 aliphatic rings. The van der Waals surface area contributed by atoms with Gasteiger partial charge in [-0.25, -0.2) is 4.98 Å². The highest BCUT2D eigenvalue weighted by atomic mass is 35.5. The Morgan fingerprint density at radius 3 is 2.75 bits per heavy atom. The minimum Gasteiger partial charge on any atom is -0.379 e. The molecule has 0 aromatic carbocycles. The monoisotopic (exact) mass is 287 g/mol. The van der Waals surface area contributed by atoms with E-state index in [0.717, 1.165) is 25.4 Å². The van der Waals surface area contributed by atoms with Crippen LogP contribution in [-0.4, -0.2) is 43.2 Å². The third-order valence-corrected chi connectivity index (χ3v) is 2.43. The second-order valence-electron chi connectivity index (χ2n) is 3.12. The second-order valence-corrected chi connectivity index (χ2v) is 3.84. The fourth-order valence-corrected chi connectivity index (χ4v) is 1.63. The summed E-state index contributed by atoms with van der Waals surface area (Å²) < 4.78 is 5.29. The Labute approximate surface area is 113 Å². The van der Waals surface area contributed by atoms with Gasteiger partial charge in [-0.15, -0.1) is 36.2 Å². The molecule has 7 heteroatoms. The smallest absolute Gasteiger partial charge is 0.0795 e. The van der Waals surface area contributed by atoms with Gasteiger partial charge in [0.05, 0.1) is 24.4 Å². The summed E-state index contributed by atoms with van der Waals surface area (Å²) in [4.78, 5) is 6.40. The number of hydrogen-bond acceptors (Lipinski definition) is 5. The van der Waals surface area contributed by atoms with Crippen molar-refractivity contribution in [2.75, 3.05) is 33.4 Å². The zero-order chi connectivity index (χ0) is 10.2. The van der Waals surface area contributed by atoms with Crippen LogP contribution in [0.4, 0.5) is 0 Å². The van der Waals surface area contributed by atoms with E-state index in [1.165, 1.54) is 0 Å². The van der Waals surface area contributed by atoms with Gasteiger partial charge in [-0.05, 0) is 7.05 Å². The molecule has 16 heavy (non-hydrogen) atoms. The molecule has 1 heterocycles. The van der Waals surface area contributed by atoms with E-state index in [9.17, 15) is 0 Å². The first kappa shape index (κ1) is 18.5. The Morgan fingerprint density at radius 2 is 2.19 bits per heavy atom. The van der Waals surface area contributed by atoms with Crippen LogP contribution < -0.4 is 5.73 Å². The maximum atomic E-state index is 5.31. The predicted octanol–water partition coefficient (Wildman–Crippen LogP) is 1.39. The van der Waals surface area contributed by atoms with Gasteiger partial charge in [0.25, 0.3) is 0 Å². The highest BCUT2D eigenvalue weighted by Crippen LogP contribution is 2.03. The van der Waals surface area contributed by atoms with E-state index in [1.807, 2.05) is 5.51 Å². The molecule has 2 N–H and O–H groups in total. The fraction of sp³-hybridized carbons (Fsp3) is 0.667. The zero-order valence-corrected chi connectivity index (χ0v) is 11.7. The molecular weight excluding hydrogens is 269 g/mol. The number of aromatic nitrogens is 1. The Morgan fingerprint density at radius 1 is 1.44 bits per heavy atom. The fourth-order valence-electron chi connectivity index (χ4n) is 1.08. The molecule has 1 aromatic heterocycles. The van der Waals surface area contributed by atoms with E-state index < -0.39 is 0 Å². The summed E-state index contributed by atoms with van der Waals surface area (Å²) in [7, 11) is 2.06. The SMILES string of the molecule is CN(CCOCCN)Cc1cscn1.Cl.Cl. The standard InChI is InChI=1S/C9H17N3OS.2ClH/c1-12(3-5-13-4-2-10)6-9-7-14-8-11-9;;/h7-8H,2-6,10H2,1H3;2*1H. The number of nitrogens with zero attached hydrogens (tertiary/aromatic N) is 2. The molecular formula is C9H19Cl2N3OS. The minimum absolute atomic E-state index is 0. The molecule has 4 nitrogen and oxygen atoms in total. The van der Waals surface area contributed by atoms with Crippen molar-refractivity contribution in [3.63, 3.8) is 0 Å². The first-order valence-electron chi connectivity index (χ1n) is 4.66. The van der Waals surface area contributed by atoms with Gasteiger partial charge in [0.2, 0.25) is 0 Å². The largest absolute Gasteiger partial charge is 0.379 e. The number of halogens is 2. The number of nitrogens with two attached hydrogens (primary N) is 1. The van der Waals surface area contributed by atoms with Crippen molar-refractivity contribution in [3.8, 4) is 0 Å². The number of rotatable bonds is 7. The summed E-state index contributed by atoms with van der Waals surface area (Å²) in [6, 6.07) is 0. The van der Waals surface area contributed by atoms with E-state index in [0.29, 0.717) is 13.2 Å². The number of hydrogen-bond donors (Lipinski definition) is 1. The quantitative estimate of drug-likeness (QED) is 0.770. The lowest BCUT2D eigenvalue weighted by Crippen LogP contribution is -2.24. The van der Waals surface area contributed by atoms with Gasteiger partial charge < -0.3 is 10.5 Å². The van der Waals surface area contributed by atoms with Gasteiger partial charge in [0.15, 0.2) is 0 Å². The highest BCUT2D eigenvalue weighted by Gasteiger charge is 2.01. The van der Waals surface area contributed by atoms with Crippen LogP contribution in [0.3, 0.4) is 0 Å². The summed E-state index contributed by atoms with van der Waals surface area (Å²) >= 11 is 1.63. The van der Waals surface area contributed by atoms with Gasteiger partial charge in [-0.3, -0.25) is 4.90 Å². The molecule has 1 rings (SSSR count). The van der Waals surface area contributed by atoms with E-state index in [2.05, 4.69) is 22.3 Å². The van der Waals surface area contributed by atoms with Gasteiger partial charge in [-0.1, -0.05) is 0 Å². The van der Waals surface area contributed by atoms with Crippen LogP contribution in [0.25, 0.3) is 0 Å². The molecule has 0 fully saturated rings. The van der Waals surface area contributed by atoms with Crippen LogP contribution in [0.2, 0.25) is 0 Å². The third kappa shape index (κ3) is 8.27. The zero-order valence-electron chi connectivity index (χ0n) is 9.30. The summed E-state index contributed by atoms with van der Waals surface area (Å²) in [5.41, 5.74) is 8.28. The molecule has 0 saturated heterocycles. The van der Waals surface area contributed by atoms with Crippen molar-refractivity contribution in [2.24, 2.45) is 5.73 Å². The van der Waals surface area contributed by atoms with Crippen LogP contribution in [0.1, 0.15) is 5.69 Å². The summed E-state index contributed by atoms with van der Waals surface area (Å²) in [5, 5.41) is 2.07. The average Bonchev–Trinajstić information content (AvgIpc) is 2.65. The highest BCUT2D eigenvalue weighted by molar-refractivity contribution is 7.07. The molecule has 0 aliphatic carbocycles. The molecule has 0 spiro atoms. The van der Waals surface area contributed by atoms with Crippen molar-refractivity contribution in [2.45, 2.75) is 6.54 Å². The van der Waals surface area contributed by atoms with Crippen molar-refractivity contribution in [1.29, 1.82) is 0 Å². The van der Waals surface area contributed by atoms with Crippen molar-refractivity contribution in [1.82, 2.24) is 9.88 Å². The second kappa shape index (κ2) is 11.6. The molecule has 0 unspecified atom stereocenters. The normalized spacial score (nSPS) is 9.69. The van der Waals surface area contributed by atoms with E-state index in [4.69, 9.17) is 10.5 Å². The van der Waals surface area contributed by atoms with E-state index >= 15 is 0 Å². The Hall–Kier alpha value is 0.0900. The Kier molecular flexibility index (Phi) is 13.3. The topological polar surface area (TPSA) is 51.4 Å². The molecule has 1 aromatic rings. The molecule has 0 saturated carbocycles. The van der Waals surface area contributed by atoms with Gasteiger partial charge in [0.1, 0.15) is 0 Å². The molecule has 0 amide bonds. The molecule has 0 radical (unpaired) electrons. The Balaban J connectivity index is 0. The van der Waals surface area contributed by atoms with Gasteiger partial charge in [0, 0.05) is 25.0 Å².